The maximum Gasteiger partial charge on any atom is 0.160 e. The number of thiophene rings is 1. The molecule has 0 spiro atoms. The molecule has 0 unspecified atom stereocenters. The first-order chi connectivity index (χ1) is 27.2. The molecule has 258 valence electrons. The van der Waals surface area contributed by atoms with E-state index in [2.05, 4.69) is 199 Å². The third-order valence-electron chi connectivity index (χ3n) is 10.9. The summed E-state index contributed by atoms with van der Waals surface area (Å²) in [6.07, 6.45) is 0. The number of furan rings is 1. The summed E-state index contributed by atoms with van der Waals surface area (Å²) in [6.45, 7) is 0. The molecule has 55 heavy (non-hydrogen) atoms. The van der Waals surface area contributed by atoms with Crippen molar-refractivity contribution in [3.05, 3.63) is 200 Å². The minimum atomic E-state index is 0.862. The molecule has 0 amide bonds. The Kier molecular flexibility index (Phi) is 7.39. The van der Waals surface area contributed by atoms with E-state index in [0.29, 0.717) is 0 Å². The lowest BCUT2D eigenvalue weighted by Gasteiger charge is -2.28. The van der Waals surface area contributed by atoms with Crippen LogP contribution in [0.2, 0.25) is 0 Å². The van der Waals surface area contributed by atoms with E-state index in [1.807, 2.05) is 17.4 Å². The lowest BCUT2D eigenvalue weighted by Crippen LogP contribution is -2.11. The van der Waals surface area contributed by atoms with Crippen LogP contribution in [0, 0.1) is 0 Å². The maximum absolute atomic E-state index is 6.84. The quantitative estimate of drug-likeness (QED) is 0.170. The third-order valence-corrected chi connectivity index (χ3v) is 12.0. The fourth-order valence-electron chi connectivity index (χ4n) is 8.15. The minimum absolute atomic E-state index is 0.862. The summed E-state index contributed by atoms with van der Waals surface area (Å²) in [6, 6.07) is 72.2. The Hall–Kier alpha value is -6.94. The van der Waals surface area contributed by atoms with Gasteiger partial charge in [0.25, 0.3) is 0 Å². The van der Waals surface area contributed by atoms with Crippen molar-refractivity contribution in [2.75, 3.05) is 4.90 Å². The summed E-state index contributed by atoms with van der Waals surface area (Å²) in [7, 11) is 0. The summed E-state index contributed by atoms with van der Waals surface area (Å²) in [4.78, 5) is 2.39. The van der Waals surface area contributed by atoms with Gasteiger partial charge in [0.15, 0.2) is 5.58 Å². The van der Waals surface area contributed by atoms with Gasteiger partial charge in [-0.15, -0.1) is 11.3 Å². The van der Waals surface area contributed by atoms with Gasteiger partial charge in [-0.3, -0.25) is 0 Å². The molecule has 0 N–H and O–H groups in total. The van der Waals surface area contributed by atoms with Gasteiger partial charge in [0, 0.05) is 47.9 Å². The van der Waals surface area contributed by atoms with E-state index in [9.17, 15) is 0 Å². The van der Waals surface area contributed by atoms with E-state index >= 15 is 0 Å². The molecule has 0 saturated heterocycles. The zero-order valence-corrected chi connectivity index (χ0v) is 30.6. The molecular formula is C52H33NOS. The van der Waals surface area contributed by atoms with Crippen LogP contribution in [-0.2, 0) is 0 Å². The second-order valence-electron chi connectivity index (χ2n) is 14.1. The number of anilines is 3. The van der Waals surface area contributed by atoms with Gasteiger partial charge < -0.3 is 9.32 Å². The summed E-state index contributed by atoms with van der Waals surface area (Å²) < 4.78 is 9.48. The number of hydrogen-bond donors (Lipinski definition) is 0. The van der Waals surface area contributed by atoms with E-state index < -0.39 is 0 Å². The Labute approximate surface area is 322 Å². The van der Waals surface area contributed by atoms with Crippen molar-refractivity contribution >= 4 is 81.3 Å². The van der Waals surface area contributed by atoms with E-state index in [1.165, 1.54) is 53.2 Å². The number of hydrogen-bond acceptors (Lipinski definition) is 3. The Morgan fingerprint density at radius 2 is 0.964 bits per heavy atom. The largest absolute Gasteiger partial charge is 0.454 e. The molecule has 0 aliphatic heterocycles. The van der Waals surface area contributed by atoms with Gasteiger partial charge in [-0.1, -0.05) is 140 Å². The molecule has 0 saturated carbocycles. The highest BCUT2D eigenvalue weighted by Gasteiger charge is 2.24. The average Bonchev–Trinajstić information content (AvgIpc) is 3.83. The highest BCUT2D eigenvalue weighted by molar-refractivity contribution is 7.25. The maximum atomic E-state index is 6.84. The van der Waals surface area contributed by atoms with Gasteiger partial charge in [0.2, 0.25) is 0 Å². The zero-order valence-electron chi connectivity index (χ0n) is 29.8. The van der Waals surface area contributed by atoms with Crippen LogP contribution in [0.1, 0.15) is 0 Å². The standard InChI is InChI=1S/C52H33NOS/c1-3-11-34(12-4-1)37-19-20-39-32-42(27-23-38(39)31-37)53(41-25-21-35(22-26-41)40-24-30-50-47(33-40)45-16-8-10-18-49(45)55-50)51-43(36-13-5-2-6-14-36)28-29-46-44-15-7-9-17-48(44)54-52(46)51/h1-33H. The highest BCUT2D eigenvalue weighted by Crippen LogP contribution is 2.48. The molecule has 9 aromatic carbocycles. The molecule has 0 bridgehead atoms. The molecule has 2 heterocycles. The average molecular weight is 720 g/mol. The second kappa shape index (κ2) is 12.9. The van der Waals surface area contributed by atoms with Crippen LogP contribution in [0.15, 0.2) is 205 Å². The van der Waals surface area contributed by atoms with E-state index in [4.69, 9.17) is 4.42 Å². The summed E-state index contributed by atoms with van der Waals surface area (Å²) in [5.74, 6) is 0. The van der Waals surface area contributed by atoms with Crippen LogP contribution < -0.4 is 4.90 Å². The van der Waals surface area contributed by atoms with Crippen molar-refractivity contribution in [1.29, 1.82) is 0 Å². The molecule has 2 nitrogen and oxygen atoms in total. The SMILES string of the molecule is c1ccc(-c2ccc3cc(N(c4ccc(-c5ccc6sc7ccccc7c6c5)cc4)c4c(-c5ccccc5)ccc5c4oc4ccccc45)ccc3c2)cc1. The molecule has 0 fully saturated rings. The van der Waals surface area contributed by atoms with Gasteiger partial charge in [0.05, 0.1) is 5.69 Å². The predicted octanol–water partition coefficient (Wildman–Crippen LogP) is 15.6. The fraction of sp³-hybridized carbons (Fsp3) is 0. The van der Waals surface area contributed by atoms with Crippen LogP contribution in [0.5, 0.6) is 0 Å². The molecule has 2 aromatic heterocycles. The van der Waals surface area contributed by atoms with E-state index in [-0.39, 0.29) is 0 Å². The van der Waals surface area contributed by atoms with Crippen LogP contribution in [0.4, 0.5) is 17.1 Å². The monoisotopic (exact) mass is 719 g/mol. The van der Waals surface area contributed by atoms with Gasteiger partial charge >= 0.3 is 0 Å². The van der Waals surface area contributed by atoms with Crippen molar-refractivity contribution < 1.29 is 4.42 Å². The molecule has 0 aliphatic carbocycles. The van der Waals surface area contributed by atoms with Crippen molar-refractivity contribution in [2.45, 2.75) is 0 Å². The molecule has 11 aromatic rings. The lowest BCUT2D eigenvalue weighted by atomic mass is 9.97. The molecular weight excluding hydrogens is 687 g/mol. The first-order valence-electron chi connectivity index (χ1n) is 18.7. The predicted molar refractivity (Wildman–Crippen MR) is 235 cm³/mol. The number of fused-ring (bicyclic) bond motifs is 7. The van der Waals surface area contributed by atoms with Crippen LogP contribution in [0.3, 0.4) is 0 Å². The molecule has 3 heteroatoms. The first kappa shape index (κ1) is 31.6. The number of benzene rings is 9. The summed E-state index contributed by atoms with van der Waals surface area (Å²) >= 11 is 1.85. The number of rotatable bonds is 6. The first-order valence-corrected chi connectivity index (χ1v) is 19.5. The molecule has 11 rings (SSSR count). The fourth-order valence-corrected chi connectivity index (χ4v) is 9.23. The smallest absolute Gasteiger partial charge is 0.160 e. The van der Waals surface area contributed by atoms with Crippen molar-refractivity contribution in [1.82, 2.24) is 0 Å². The Balaban J connectivity index is 1.12. The Morgan fingerprint density at radius 1 is 0.364 bits per heavy atom. The van der Waals surface area contributed by atoms with E-state index in [1.54, 1.807) is 0 Å². The molecule has 0 aliphatic rings. The topological polar surface area (TPSA) is 16.4 Å². The van der Waals surface area contributed by atoms with Crippen LogP contribution in [-0.4, -0.2) is 0 Å². The van der Waals surface area contributed by atoms with E-state index in [0.717, 1.165) is 50.1 Å². The van der Waals surface area contributed by atoms with Crippen molar-refractivity contribution in [3.8, 4) is 33.4 Å². The van der Waals surface area contributed by atoms with Crippen molar-refractivity contribution in [3.63, 3.8) is 0 Å². The lowest BCUT2D eigenvalue weighted by molar-refractivity contribution is 0.669. The van der Waals surface area contributed by atoms with Gasteiger partial charge in [0.1, 0.15) is 5.58 Å². The summed E-state index contributed by atoms with van der Waals surface area (Å²) in [5, 5.41) is 7.19. The molecule has 0 atom stereocenters. The van der Waals surface area contributed by atoms with Crippen molar-refractivity contribution in [2.24, 2.45) is 0 Å². The normalized spacial score (nSPS) is 11.6. The highest BCUT2D eigenvalue weighted by atomic mass is 32.1. The Bertz CT molecular complexity index is 3190. The minimum Gasteiger partial charge on any atom is -0.454 e. The van der Waals surface area contributed by atoms with Crippen LogP contribution in [0.25, 0.3) is 86.3 Å². The van der Waals surface area contributed by atoms with Gasteiger partial charge in [-0.25, -0.2) is 0 Å². The van der Waals surface area contributed by atoms with Gasteiger partial charge in [-0.2, -0.15) is 0 Å². The second-order valence-corrected chi connectivity index (χ2v) is 15.2. The Morgan fingerprint density at radius 3 is 1.80 bits per heavy atom. The zero-order chi connectivity index (χ0) is 36.3. The molecule has 0 radical (unpaired) electrons. The number of nitrogens with zero attached hydrogens (tertiary/aromatic N) is 1. The number of para-hydroxylation sites is 1. The van der Waals surface area contributed by atoms with Gasteiger partial charge in [-0.05, 0) is 99.3 Å². The summed E-state index contributed by atoms with van der Waals surface area (Å²) in [5.41, 5.74) is 11.9. The van der Waals surface area contributed by atoms with Crippen LogP contribution >= 0.6 is 11.3 Å². The third kappa shape index (κ3) is 5.40.